The summed E-state index contributed by atoms with van der Waals surface area (Å²) in [6, 6.07) is 9.70. The van der Waals surface area contributed by atoms with Gasteiger partial charge in [0, 0.05) is 13.1 Å². The highest BCUT2D eigenvalue weighted by Gasteiger charge is 2.18. The molecule has 0 saturated heterocycles. The molecule has 0 radical (unpaired) electrons. The second-order valence-corrected chi connectivity index (χ2v) is 4.11. The molecule has 5 nitrogen and oxygen atoms in total. The summed E-state index contributed by atoms with van der Waals surface area (Å²) in [5, 5.41) is 8.88. The van der Waals surface area contributed by atoms with Crippen molar-refractivity contribution in [2.75, 3.05) is 13.1 Å². The predicted octanol–water partition coefficient (Wildman–Crippen LogP) is 1.63. The molecule has 0 aromatic heterocycles. The molecule has 1 heterocycles. The molecule has 96 valence electrons. The van der Waals surface area contributed by atoms with Gasteiger partial charge in [0.1, 0.15) is 0 Å². The number of benzene rings is 1. The van der Waals surface area contributed by atoms with E-state index in [-0.39, 0.29) is 6.04 Å². The number of carbonyl (C=O) groups is 1. The molecular weight excluding hydrogens is 232 g/mol. The van der Waals surface area contributed by atoms with Gasteiger partial charge in [-0.25, -0.2) is 4.79 Å². The van der Waals surface area contributed by atoms with Gasteiger partial charge in [0.2, 0.25) is 0 Å². The SMILES string of the molecule is O=C(O)N1CC=CC(NOCc2ccccc2)C1. The maximum absolute atomic E-state index is 10.8. The third-order valence-electron chi connectivity index (χ3n) is 2.70. The van der Waals surface area contributed by atoms with E-state index in [0.29, 0.717) is 19.7 Å². The Balaban J connectivity index is 1.75. The molecule has 5 heteroatoms. The van der Waals surface area contributed by atoms with Crippen LogP contribution in [0.15, 0.2) is 42.5 Å². The minimum Gasteiger partial charge on any atom is -0.465 e. The van der Waals surface area contributed by atoms with Gasteiger partial charge in [-0.05, 0) is 5.56 Å². The molecule has 2 N–H and O–H groups in total. The normalized spacial score (nSPS) is 18.9. The first-order valence-electron chi connectivity index (χ1n) is 5.81. The van der Waals surface area contributed by atoms with E-state index in [0.717, 1.165) is 5.56 Å². The molecule has 0 aliphatic carbocycles. The van der Waals surface area contributed by atoms with Crippen molar-refractivity contribution in [3.05, 3.63) is 48.0 Å². The number of nitrogens with one attached hydrogen (secondary N) is 1. The molecule has 1 amide bonds. The number of hydrogen-bond acceptors (Lipinski definition) is 3. The summed E-state index contributed by atoms with van der Waals surface area (Å²) in [6.45, 7) is 1.30. The minimum atomic E-state index is -0.908. The minimum absolute atomic E-state index is 0.0986. The average Bonchev–Trinajstić information content (AvgIpc) is 2.40. The second kappa shape index (κ2) is 6.18. The first-order chi connectivity index (χ1) is 8.75. The number of amides is 1. The van der Waals surface area contributed by atoms with Crippen LogP contribution in [-0.4, -0.2) is 35.2 Å². The zero-order valence-electron chi connectivity index (χ0n) is 9.95. The molecule has 18 heavy (non-hydrogen) atoms. The van der Waals surface area contributed by atoms with Gasteiger partial charge < -0.3 is 10.0 Å². The monoisotopic (exact) mass is 248 g/mol. The zero-order chi connectivity index (χ0) is 12.8. The lowest BCUT2D eigenvalue weighted by Gasteiger charge is -2.26. The summed E-state index contributed by atoms with van der Waals surface area (Å²) in [7, 11) is 0. The fourth-order valence-corrected chi connectivity index (χ4v) is 1.76. The van der Waals surface area contributed by atoms with Crippen LogP contribution in [0.25, 0.3) is 0 Å². The topological polar surface area (TPSA) is 61.8 Å². The van der Waals surface area contributed by atoms with Crippen LogP contribution in [0.2, 0.25) is 0 Å². The molecule has 1 aromatic carbocycles. The number of nitrogens with zero attached hydrogens (tertiary/aromatic N) is 1. The highest BCUT2D eigenvalue weighted by Crippen LogP contribution is 2.04. The Bertz CT molecular complexity index is 420. The smallest absolute Gasteiger partial charge is 0.407 e. The van der Waals surface area contributed by atoms with Crippen LogP contribution in [0.5, 0.6) is 0 Å². The van der Waals surface area contributed by atoms with E-state index in [1.807, 2.05) is 42.5 Å². The van der Waals surface area contributed by atoms with E-state index in [4.69, 9.17) is 9.94 Å². The van der Waals surface area contributed by atoms with Gasteiger partial charge in [0.05, 0.1) is 12.6 Å². The van der Waals surface area contributed by atoms with Crippen LogP contribution in [0.4, 0.5) is 4.79 Å². The van der Waals surface area contributed by atoms with Gasteiger partial charge in [-0.3, -0.25) is 4.84 Å². The van der Waals surface area contributed by atoms with Crippen LogP contribution in [0.1, 0.15) is 5.56 Å². The summed E-state index contributed by atoms with van der Waals surface area (Å²) < 4.78 is 0. The summed E-state index contributed by atoms with van der Waals surface area (Å²) >= 11 is 0. The zero-order valence-corrected chi connectivity index (χ0v) is 9.95. The molecule has 1 unspecified atom stereocenters. The highest BCUT2D eigenvalue weighted by molar-refractivity contribution is 5.65. The van der Waals surface area contributed by atoms with E-state index in [9.17, 15) is 4.79 Å². The molecule has 0 spiro atoms. The van der Waals surface area contributed by atoms with Crippen molar-refractivity contribution < 1.29 is 14.7 Å². The molecule has 1 aliphatic rings. The average molecular weight is 248 g/mol. The summed E-state index contributed by atoms with van der Waals surface area (Å²) in [5.74, 6) is 0. The Kier molecular flexibility index (Phi) is 4.33. The molecule has 0 saturated carbocycles. The summed E-state index contributed by atoms with van der Waals surface area (Å²) in [4.78, 5) is 17.5. The van der Waals surface area contributed by atoms with Crippen molar-refractivity contribution in [2.45, 2.75) is 12.6 Å². The van der Waals surface area contributed by atoms with Crippen molar-refractivity contribution in [1.82, 2.24) is 10.4 Å². The van der Waals surface area contributed by atoms with E-state index in [2.05, 4.69) is 5.48 Å². The van der Waals surface area contributed by atoms with E-state index in [1.165, 1.54) is 4.90 Å². The summed E-state index contributed by atoms with van der Waals surface area (Å²) in [5.41, 5.74) is 3.93. The van der Waals surface area contributed by atoms with Crippen molar-refractivity contribution in [3.63, 3.8) is 0 Å². The van der Waals surface area contributed by atoms with Crippen LogP contribution >= 0.6 is 0 Å². The van der Waals surface area contributed by atoms with Gasteiger partial charge in [0.25, 0.3) is 0 Å². The quantitative estimate of drug-likeness (QED) is 0.628. The van der Waals surface area contributed by atoms with Crippen molar-refractivity contribution in [3.8, 4) is 0 Å². The third-order valence-corrected chi connectivity index (χ3v) is 2.70. The molecule has 0 fully saturated rings. The molecular formula is C13H16N2O3. The number of hydrogen-bond donors (Lipinski definition) is 2. The Hall–Kier alpha value is -1.85. The van der Waals surface area contributed by atoms with Gasteiger partial charge in [-0.1, -0.05) is 42.5 Å². The van der Waals surface area contributed by atoms with Gasteiger partial charge in [-0.15, -0.1) is 0 Å². The number of hydroxylamine groups is 1. The maximum atomic E-state index is 10.8. The first-order valence-corrected chi connectivity index (χ1v) is 5.81. The third kappa shape index (κ3) is 3.58. The molecule has 1 aliphatic heterocycles. The van der Waals surface area contributed by atoms with E-state index >= 15 is 0 Å². The van der Waals surface area contributed by atoms with Crippen molar-refractivity contribution in [1.29, 1.82) is 0 Å². The standard InChI is InChI=1S/C13H16N2O3/c16-13(17)15-8-4-7-12(9-15)14-18-10-11-5-2-1-3-6-11/h1-7,12,14H,8-10H2,(H,16,17). The van der Waals surface area contributed by atoms with E-state index in [1.54, 1.807) is 0 Å². The Labute approximate surface area is 106 Å². The lowest BCUT2D eigenvalue weighted by Crippen LogP contribution is -2.44. The van der Waals surface area contributed by atoms with Crippen molar-refractivity contribution >= 4 is 6.09 Å². The fourth-order valence-electron chi connectivity index (χ4n) is 1.76. The van der Waals surface area contributed by atoms with Gasteiger partial charge in [-0.2, -0.15) is 5.48 Å². The largest absolute Gasteiger partial charge is 0.465 e. The Morgan fingerprint density at radius 1 is 1.44 bits per heavy atom. The van der Waals surface area contributed by atoms with Crippen molar-refractivity contribution in [2.24, 2.45) is 0 Å². The molecule has 1 atom stereocenters. The Morgan fingerprint density at radius 2 is 2.22 bits per heavy atom. The summed E-state index contributed by atoms with van der Waals surface area (Å²) in [6.07, 6.45) is 2.83. The van der Waals surface area contributed by atoms with Crippen LogP contribution in [-0.2, 0) is 11.4 Å². The number of carboxylic acid groups (broad SMARTS) is 1. The predicted molar refractivity (Wildman–Crippen MR) is 66.9 cm³/mol. The lowest BCUT2D eigenvalue weighted by atomic mass is 10.2. The van der Waals surface area contributed by atoms with E-state index < -0.39 is 6.09 Å². The molecule has 1 aromatic rings. The second-order valence-electron chi connectivity index (χ2n) is 4.11. The maximum Gasteiger partial charge on any atom is 0.407 e. The Morgan fingerprint density at radius 3 is 2.94 bits per heavy atom. The number of rotatable bonds is 4. The fraction of sp³-hybridized carbons (Fsp3) is 0.308. The lowest BCUT2D eigenvalue weighted by molar-refractivity contribution is 0.00597. The van der Waals surface area contributed by atoms with Crippen LogP contribution in [0, 0.1) is 0 Å². The molecule has 2 rings (SSSR count). The first kappa shape index (κ1) is 12.6. The van der Waals surface area contributed by atoms with Gasteiger partial charge >= 0.3 is 6.09 Å². The van der Waals surface area contributed by atoms with Crippen LogP contribution < -0.4 is 5.48 Å². The molecule has 0 bridgehead atoms. The highest BCUT2D eigenvalue weighted by atomic mass is 16.6. The van der Waals surface area contributed by atoms with Crippen LogP contribution in [0.3, 0.4) is 0 Å². The van der Waals surface area contributed by atoms with Gasteiger partial charge in [0.15, 0.2) is 0 Å².